The third-order valence-corrected chi connectivity index (χ3v) is 4.40. The van der Waals surface area contributed by atoms with Gasteiger partial charge in [0, 0.05) is 25.6 Å². The SMILES string of the molecule is CN(Cc1ccc2nonc2c1)C(=O)[C@@H]1Cc2ccccc2C(=O)N1. The lowest BCUT2D eigenvalue weighted by Gasteiger charge is -2.28. The molecule has 0 fully saturated rings. The number of amides is 2. The Hall–Kier alpha value is -3.22. The van der Waals surface area contributed by atoms with Crippen LogP contribution in [0.2, 0.25) is 0 Å². The summed E-state index contributed by atoms with van der Waals surface area (Å²) in [6.45, 7) is 0.412. The average Bonchev–Trinajstić information content (AvgIpc) is 3.08. The van der Waals surface area contributed by atoms with Crippen LogP contribution in [0.25, 0.3) is 11.0 Å². The maximum atomic E-state index is 12.7. The van der Waals surface area contributed by atoms with Gasteiger partial charge in [-0.3, -0.25) is 9.59 Å². The first-order chi connectivity index (χ1) is 12.1. The van der Waals surface area contributed by atoms with Crippen LogP contribution in [-0.4, -0.2) is 40.1 Å². The molecule has 0 saturated carbocycles. The number of carbonyl (C=O) groups is 2. The number of hydrogen-bond donors (Lipinski definition) is 1. The molecule has 4 rings (SSSR count). The number of hydrogen-bond acceptors (Lipinski definition) is 5. The van der Waals surface area contributed by atoms with Crippen LogP contribution in [0.1, 0.15) is 21.5 Å². The van der Waals surface area contributed by atoms with Gasteiger partial charge in [0.15, 0.2) is 0 Å². The summed E-state index contributed by atoms with van der Waals surface area (Å²) in [6, 6.07) is 12.3. The summed E-state index contributed by atoms with van der Waals surface area (Å²) in [4.78, 5) is 26.5. The van der Waals surface area contributed by atoms with Gasteiger partial charge in [-0.05, 0) is 39.6 Å². The molecule has 0 radical (unpaired) electrons. The van der Waals surface area contributed by atoms with Crippen molar-refractivity contribution in [1.29, 1.82) is 0 Å². The van der Waals surface area contributed by atoms with Gasteiger partial charge in [-0.2, -0.15) is 0 Å². The van der Waals surface area contributed by atoms with Crippen molar-refractivity contribution in [2.75, 3.05) is 7.05 Å². The Balaban J connectivity index is 1.49. The lowest BCUT2D eigenvalue weighted by atomic mass is 9.94. The number of aromatic nitrogens is 2. The van der Waals surface area contributed by atoms with E-state index in [0.29, 0.717) is 29.6 Å². The Morgan fingerprint density at radius 2 is 2.04 bits per heavy atom. The van der Waals surface area contributed by atoms with Crippen LogP contribution in [0, 0.1) is 0 Å². The number of fused-ring (bicyclic) bond motifs is 2. The van der Waals surface area contributed by atoms with Crippen LogP contribution in [0.15, 0.2) is 47.1 Å². The predicted molar refractivity (Wildman–Crippen MR) is 89.7 cm³/mol. The quantitative estimate of drug-likeness (QED) is 0.784. The van der Waals surface area contributed by atoms with Crippen molar-refractivity contribution in [3.63, 3.8) is 0 Å². The Labute approximate surface area is 143 Å². The molecule has 0 bridgehead atoms. The molecule has 126 valence electrons. The lowest BCUT2D eigenvalue weighted by Crippen LogP contribution is -2.51. The molecule has 7 nitrogen and oxygen atoms in total. The molecule has 3 aromatic rings. The standard InChI is InChI=1S/C18H16N4O3/c1-22(10-11-6-7-14-15(8-11)21-25-20-14)18(24)16-9-12-4-2-3-5-13(12)17(23)19-16/h2-8,16H,9-10H2,1H3,(H,19,23)/t16-/m0/s1. The van der Waals surface area contributed by atoms with Crippen molar-refractivity contribution in [2.45, 2.75) is 19.0 Å². The highest BCUT2D eigenvalue weighted by molar-refractivity contribution is 6.00. The molecule has 2 aromatic carbocycles. The fraction of sp³-hybridized carbons (Fsp3) is 0.222. The third-order valence-electron chi connectivity index (χ3n) is 4.40. The molecular formula is C18H16N4O3. The van der Waals surface area contributed by atoms with Crippen molar-refractivity contribution in [3.8, 4) is 0 Å². The van der Waals surface area contributed by atoms with E-state index in [1.807, 2.05) is 30.3 Å². The largest absolute Gasteiger partial charge is 0.340 e. The van der Waals surface area contributed by atoms with E-state index in [9.17, 15) is 9.59 Å². The highest BCUT2D eigenvalue weighted by Crippen LogP contribution is 2.18. The average molecular weight is 336 g/mol. The second-order valence-electron chi connectivity index (χ2n) is 6.17. The Morgan fingerprint density at radius 3 is 2.92 bits per heavy atom. The van der Waals surface area contributed by atoms with Gasteiger partial charge >= 0.3 is 0 Å². The van der Waals surface area contributed by atoms with E-state index < -0.39 is 6.04 Å². The summed E-state index contributed by atoms with van der Waals surface area (Å²) >= 11 is 0. The number of carbonyl (C=O) groups excluding carboxylic acids is 2. The zero-order valence-electron chi connectivity index (χ0n) is 13.6. The summed E-state index contributed by atoms with van der Waals surface area (Å²) in [5, 5.41) is 10.4. The minimum Gasteiger partial charge on any atom is -0.340 e. The summed E-state index contributed by atoms with van der Waals surface area (Å²) < 4.78 is 4.68. The zero-order valence-corrected chi connectivity index (χ0v) is 13.6. The highest BCUT2D eigenvalue weighted by atomic mass is 16.6. The molecule has 25 heavy (non-hydrogen) atoms. The first-order valence-electron chi connectivity index (χ1n) is 7.97. The van der Waals surface area contributed by atoms with Crippen LogP contribution in [-0.2, 0) is 17.8 Å². The molecule has 1 N–H and O–H groups in total. The van der Waals surface area contributed by atoms with E-state index in [0.717, 1.165) is 11.1 Å². The highest BCUT2D eigenvalue weighted by Gasteiger charge is 2.30. The Bertz CT molecular complexity index is 966. The van der Waals surface area contributed by atoms with E-state index in [2.05, 4.69) is 20.3 Å². The molecule has 7 heteroatoms. The first-order valence-corrected chi connectivity index (χ1v) is 7.97. The predicted octanol–water partition coefficient (Wildman–Crippen LogP) is 1.54. The van der Waals surface area contributed by atoms with Crippen molar-refractivity contribution in [2.24, 2.45) is 0 Å². The van der Waals surface area contributed by atoms with Gasteiger partial charge < -0.3 is 10.2 Å². The van der Waals surface area contributed by atoms with Crippen LogP contribution < -0.4 is 5.32 Å². The molecule has 2 heterocycles. The number of nitrogens with one attached hydrogen (secondary N) is 1. The summed E-state index contributed by atoms with van der Waals surface area (Å²) in [5.74, 6) is -0.329. The summed E-state index contributed by atoms with van der Waals surface area (Å²) in [5.41, 5.74) is 3.78. The van der Waals surface area contributed by atoms with Crippen molar-refractivity contribution in [1.82, 2.24) is 20.5 Å². The van der Waals surface area contributed by atoms with Crippen molar-refractivity contribution >= 4 is 22.8 Å². The third kappa shape index (κ3) is 2.84. The van der Waals surface area contributed by atoms with Gasteiger partial charge in [0.1, 0.15) is 17.1 Å². The van der Waals surface area contributed by atoms with E-state index in [-0.39, 0.29) is 11.8 Å². The molecule has 0 aliphatic carbocycles. The molecule has 1 atom stereocenters. The van der Waals surface area contributed by atoms with Gasteiger partial charge in [-0.1, -0.05) is 24.3 Å². The van der Waals surface area contributed by atoms with Crippen LogP contribution in [0.3, 0.4) is 0 Å². The molecule has 1 aliphatic heterocycles. The minimum atomic E-state index is -0.551. The molecule has 1 aliphatic rings. The van der Waals surface area contributed by atoms with E-state index in [4.69, 9.17) is 0 Å². The topological polar surface area (TPSA) is 88.3 Å². The molecule has 0 saturated heterocycles. The van der Waals surface area contributed by atoms with Crippen LogP contribution in [0.5, 0.6) is 0 Å². The Morgan fingerprint density at radius 1 is 1.24 bits per heavy atom. The minimum absolute atomic E-state index is 0.124. The van der Waals surface area contributed by atoms with Crippen LogP contribution >= 0.6 is 0 Å². The van der Waals surface area contributed by atoms with Gasteiger partial charge in [-0.15, -0.1) is 0 Å². The van der Waals surface area contributed by atoms with E-state index >= 15 is 0 Å². The second kappa shape index (κ2) is 6.01. The van der Waals surface area contributed by atoms with Crippen molar-refractivity contribution < 1.29 is 14.2 Å². The van der Waals surface area contributed by atoms with Crippen LogP contribution in [0.4, 0.5) is 0 Å². The van der Waals surface area contributed by atoms with Gasteiger partial charge in [0.2, 0.25) is 5.91 Å². The fourth-order valence-corrected chi connectivity index (χ4v) is 3.12. The molecule has 0 spiro atoms. The molecular weight excluding hydrogens is 320 g/mol. The number of likely N-dealkylation sites (N-methyl/N-ethyl adjacent to an activating group) is 1. The van der Waals surface area contributed by atoms with Gasteiger partial charge in [0.05, 0.1) is 0 Å². The van der Waals surface area contributed by atoms with Gasteiger partial charge in [-0.25, -0.2) is 4.63 Å². The fourth-order valence-electron chi connectivity index (χ4n) is 3.12. The smallest absolute Gasteiger partial charge is 0.252 e. The van der Waals surface area contributed by atoms with E-state index in [1.54, 1.807) is 24.1 Å². The van der Waals surface area contributed by atoms with Gasteiger partial charge in [0.25, 0.3) is 5.91 Å². The summed E-state index contributed by atoms with van der Waals surface area (Å²) in [6.07, 6.45) is 0.497. The maximum Gasteiger partial charge on any atom is 0.252 e. The first kappa shape index (κ1) is 15.3. The second-order valence-corrected chi connectivity index (χ2v) is 6.17. The molecule has 1 aromatic heterocycles. The molecule has 2 amide bonds. The monoisotopic (exact) mass is 336 g/mol. The van der Waals surface area contributed by atoms with Crippen molar-refractivity contribution in [3.05, 3.63) is 59.2 Å². The number of rotatable bonds is 3. The number of benzene rings is 2. The Kier molecular flexibility index (Phi) is 3.68. The summed E-state index contributed by atoms with van der Waals surface area (Å²) in [7, 11) is 1.72. The maximum absolute atomic E-state index is 12.7. The zero-order chi connectivity index (χ0) is 17.4. The molecule has 0 unspecified atom stereocenters. The normalized spacial score (nSPS) is 16.4. The lowest BCUT2D eigenvalue weighted by molar-refractivity contribution is -0.132. The van der Waals surface area contributed by atoms with E-state index in [1.165, 1.54) is 0 Å². The number of nitrogens with zero attached hydrogens (tertiary/aromatic N) is 3.